The molecule has 0 saturated heterocycles. The third-order valence-electron chi connectivity index (χ3n) is 5.19. The third-order valence-corrected chi connectivity index (χ3v) is 5.81. The molecule has 0 fully saturated rings. The number of hydrogen-bond acceptors (Lipinski definition) is 3. The van der Waals surface area contributed by atoms with Gasteiger partial charge in [0.15, 0.2) is 6.61 Å². The fourth-order valence-electron chi connectivity index (χ4n) is 2.94. The van der Waals surface area contributed by atoms with Crippen molar-refractivity contribution < 1.29 is 18.7 Å². The lowest BCUT2D eigenvalue weighted by Gasteiger charge is -2.29. The maximum Gasteiger partial charge on any atom is 0.261 e. The zero-order valence-corrected chi connectivity index (χ0v) is 20.0. The normalized spacial score (nSPS) is 12.7. The first-order valence-corrected chi connectivity index (χ1v) is 11.3. The van der Waals surface area contributed by atoms with Crippen molar-refractivity contribution in [3.8, 4) is 5.75 Å². The number of halogens is 2. The molecule has 0 spiro atoms. The Hall–Kier alpha value is -2.41. The average molecular weight is 493 g/mol. The fourth-order valence-corrected chi connectivity index (χ4v) is 3.48. The van der Waals surface area contributed by atoms with Gasteiger partial charge in [-0.25, -0.2) is 4.39 Å². The third kappa shape index (κ3) is 7.35. The molecule has 7 heteroatoms. The molecule has 0 heterocycles. The van der Waals surface area contributed by atoms with Crippen LogP contribution in [0, 0.1) is 5.82 Å². The molecule has 31 heavy (non-hydrogen) atoms. The van der Waals surface area contributed by atoms with Gasteiger partial charge < -0.3 is 15.0 Å². The number of rotatable bonds is 10. The van der Waals surface area contributed by atoms with Crippen molar-refractivity contribution in [2.24, 2.45) is 0 Å². The van der Waals surface area contributed by atoms with Gasteiger partial charge in [0, 0.05) is 12.6 Å². The summed E-state index contributed by atoms with van der Waals surface area (Å²) >= 11 is 3.47. The standard InChI is InChI=1S/C24H30BrFN2O3/c1-5-16(3)27-24(30)17(4)28(14-19-7-10-20(26)11-8-19)23(29)15-31-22-12-9-18(6-2)13-21(22)25/h7-13,16-17H,5-6,14-15H2,1-4H3,(H,27,30)/t16-,17-/m1/s1. The maximum atomic E-state index is 13.3. The van der Waals surface area contributed by atoms with E-state index in [1.165, 1.54) is 17.0 Å². The second-order valence-electron chi connectivity index (χ2n) is 7.55. The highest BCUT2D eigenvalue weighted by molar-refractivity contribution is 9.10. The van der Waals surface area contributed by atoms with E-state index in [0.717, 1.165) is 28.4 Å². The van der Waals surface area contributed by atoms with E-state index < -0.39 is 6.04 Å². The number of carbonyl (C=O) groups is 2. The van der Waals surface area contributed by atoms with Gasteiger partial charge in [-0.2, -0.15) is 0 Å². The smallest absolute Gasteiger partial charge is 0.261 e. The van der Waals surface area contributed by atoms with Gasteiger partial charge >= 0.3 is 0 Å². The van der Waals surface area contributed by atoms with Crippen molar-refractivity contribution in [2.75, 3.05) is 6.61 Å². The minimum atomic E-state index is -0.707. The van der Waals surface area contributed by atoms with Crippen LogP contribution in [0.15, 0.2) is 46.9 Å². The molecule has 2 aromatic carbocycles. The minimum absolute atomic E-state index is 0.00186. The number of ether oxygens (including phenoxy) is 1. The zero-order valence-electron chi connectivity index (χ0n) is 18.5. The van der Waals surface area contributed by atoms with Crippen molar-refractivity contribution in [3.63, 3.8) is 0 Å². The molecule has 0 aliphatic heterocycles. The predicted molar refractivity (Wildman–Crippen MR) is 123 cm³/mol. The van der Waals surface area contributed by atoms with Crippen molar-refractivity contribution in [3.05, 3.63) is 63.9 Å². The van der Waals surface area contributed by atoms with E-state index in [1.54, 1.807) is 19.1 Å². The monoisotopic (exact) mass is 492 g/mol. The van der Waals surface area contributed by atoms with E-state index in [2.05, 4.69) is 28.2 Å². The Morgan fingerprint density at radius 1 is 1.10 bits per heavy atom. The highest BCUT2D eigenvalue weighted by atomic mass is 79.9. The van der Waals surface area contributed by atoms with Crippen LogP contribution in [-0.2, 0) is 22.6 Å². The van der Waals surface area contributed by atoms with Gasteiger partial charge in [-0.1, -0.05) is 32.0 Å². The Balaban J connectivity index is 2.16. The van der Waals surface area contributed by atoms with Gasteiger partial charge in [0.2, 0.25) is 5.91 Å². The van der Waals surface area contributed by atoms with E-state index in [0.29, 0.717) is 5.75 Å². The second kappa shape index (κ2) is 11.8. The number of benzene rings is 2. The second-order valence-corrected chi connectivity index (χ2v) is 8.40. The number of aryl methyl sites for hydroxylation is 1. The van der Waals surface area contributed by atoms with Crippen molar-refractivity contribution in [2.45, 2.75) is 59.2 Å². The van der Waals surface area contributed by atoms with Crippen LogP contribution in [0.3, 0.4) is 0 Å². The van der Waals surface area contributed by atoms with Crippen molar-refractivity contribution in [1.82, 2.24) is 10.2 Å². The fraction of sp³-hybridized carbons (Fsp3) is 0.417. The number of nitrogens with zero attached hydrogens (tertiary/aromatic N) is 1. The van der Waals surface area contributed by atoms with Crippen LogP contribution in [0.1, 0.15) is 45.2 Å². The van der Waals surface area contributed by atoms with E-state index in [4.69, 9.17) is 4.74 Å². The molecule has 168 valence electrons. The molecule has 2 atom stereocenters. The van der Waals surface area contributed by atoms with Gasteiger partial charge in [0.1, 0.15) is 17.6 Å². The van der Waals surface area contributed by atoms with Gasteiger partial charge in [-0.3, -0.25) is 9.59 Å². The molecule has 0 saturated carbocycles. The van der Waals surface area contributed by atoms with E-state index in [9.17, 15) is 14.0 Å². The SMILES string of the molecule is CCc1ccc(OCC(=O)N(Cc2ccc(F)cc2)[C@H](C)C(=O)N[C@H](C)CC)c(Br)c1. The van der Waals surface area contributed by atoms with Crippen molar-refractivity contribution >= 4 is 27.7 Å². The van der Waals surface area contributed by atoms with E-state index in [1.807, 2.05) is 32.0 Å². The highest BCUT2D eigenvalue weighted by Crippen LogP contribution is 2.26. The summed E-state index contributed by atoms with van der Waals surface area (Å²) < 4.78 is 19.8. The highest BCUT2D eigenvalue weighted by Gasteiger charge is 2.27. The molecular formula is C24H30BrFN2O3. The summed E-state index contributed by atoms with van der Waals surface area (Å²) in [4.78, 5) is 27.2. The number of amides is 2. The molecule has 2 rings (SSSR count). The summed E-state index contributed by atoms with van der Waals surface area (Å²) in [6, 6.07) is 10.9. The van der Waals surface area contributed by atoms with Gasteiger partial charge in [-0.15, -0.1) is 0 Å². The summed E-state index contributed by atoms with van der Waals surface area (Å²) in [7, 11) is 0. The first kappa shape index (κ1) is 24.9. The summed E-state index contributed by atoms with van der Waals surface area (Å²) in [6.07, 6.45) is 1.68. The van der Waals surface area contributed by atoms with Gasteiger partial charge in [-0.05, 0) is 78.0 Å². The first-order chi connectivity index (χ1) is 14.7. The van der Waals surface area contributed by atoms with E-state index in [-0.39, 0.29) is 36.8 Å². The van der Waals surface area contributed by atoms with Crippen LogP contribution in [0.5, 0.6) is 5.75 Å². The van der Waals surface area contributed by atoms with Crippen LogP contribution in [0.25, 0.3) is 0 Å². The number of carbonyl (C=O) groups excluding carboxylic acids is 2. The van der Waals surface area contributed by atoms with Crippen molar-refractivity contribution in [1.29, 1.82) is 0 Å². The molecule has 1 N–H and O–H groups in total. The van der Waals surface area contributed by atoms with Gasteiger partial charge in [0.25, 0.3) is 5.91 Å². The lowest BCUT2D eigenvalue weighted by molar-refractivity contribution is -0.142. The Labute approximate surface area is 192 Å². The van der Waals surface area contributed by atoms with Crippen LogP contribution in [0.2, 0.25) is 0 Å². The lowest BCUT2D eigenvalue weighted by Crippen LogP contribution is -2.50. The molecule has 0 aliphatic carbocycles. The minimum Gasteiger partial charge on any atom is -0.483 e. The molecular weight excluding hydrogens is 463 g/mol. The van der Waals surface area contributed by atoms with Gasteiger partial charge in [0.05, 0.1) is 4.47 Å². The Bertz CT molecular complexity index is 889. The molecule has 0 aliphatic rings. The maximum absolute atomic E-state index is 13.3. The van der Waals surface area contributed by atoms with Crippen LogP contribution in [-0.4, -0.2) is 35.4 Å². The Kier molecular flexibility index (Phi) is 9.49. The molecule has 2 amide bonds. The van der Waals surface area contributed by atoms with Crippen LogP contribution >= 0.6 is 15.9 Å². The summed E-state index contributed by atoms with van der Waals surface area (Å²) in [5.41, 5.74) is 1.88. The number of hydrogen-bond donors (Lipinski definition) is 1. The molecule has 0 bridgehead atoms. The molecule has 0 radical (unpaired) electrons. The van der Waals surface area contributed by atoms with Crippen LogP contribution in [0.4, 0.5) is 4.39 Å². The topological polar surface area (TPSA) is 58.6 Å². The first-order valence-electron chi connectivity index (χ1n) is 10.5. The molecule has 2 aromatic rings. The molecule has 5 nitrogen and oxygen atoms in total. The largest absolute Gasteiger partial charge is 0.483 e. The summed E-state index contributed by atoms with van der Waals surface area (Å²) in [6.45, 7) is 7.60. The average Bonchev–Trinajstić information content (AvgIpc) is 2.76. The Morgan fingerprint density at radius 3 is 2.32 bits per heavy atom. The van der Waals surface area contributed by atoms with Crippen LogP contribution < -0.4 is 10.1 Å². The summed E-state index contributed by atoms with van der Waals surface area (Å²) in [5, 5.41) is 2.91. The number of nitrogens with one attached hydrogen (secondary N) is 1. The summed E-state index contributed by atoms with van der Waals surface area (Å²) in [5.74, 6) is -0.363. The quantitative estimate of drug-likeness (QED) is 0.514. The lowest BCUT2D eigenvalue weighted by atomic mass is 10.1. The zero-order chi connectivity index (χ0) is 23.0. The Morgan fingerprint density at radius 2 is 1.74 bits per heavy atom. The molecule has 0 unspecified atom stereocenters. The molecule has 0 aromatic heterocycles. The predicted octanol–water partition coefficient (Wildman–Crippen LogP) is 4.86. The van der Waals surface area contributed by atoms with E-state index >= 15 is 0 Å².